The van der Waals surface area contributed by atoms with Crippen molar-refractivity contribution in [1.82, 2.24) is 0 Å². The van der Waals surface area contributed by atoms with Crippen LogP contribution >= 0.6 is 0 Å². The SMILES string of the molecule is C=CCc1cc(OC)c(O)c([C@H](C)C(=O)c2ccc(OC)c(OC)c2)c1. The van der Waals surface area contributed by atoms with E-state index in [1.165, 1.54) is 21.3 Å². The van der Waals surface area contributed by atoms with Crippen LogP contribution < -0.4 is 14.2 Å². The van der Waals surface area contributed by atoms with Crippen molar-refractivity contribution in [2.75, 3.05) is 21.3 Å². The Hall–Kier alpha value is -2.95. The molecule has 0 saturated heterocycles. The van der Waals surface area contributed by atoms with E-state index >= 15 is 0 Å². The summed E-state index contributed by atoms with van der Waals surface area (Å²) in [4.78, 5) is 13.0. The molecule has 138 valence electrons. The zero-order valence-electron chi connectivity index (χ0n) is 15.5. The Kier molecular flexibility index (Phi) is 6.28. The third-order valence-corrected chi connectivity index (χ3v) is 4.29. The number of aromatic hydroxyl groups is 1. The van der Waals surface area contributed by atoms with Crippen LogP contribution in [0.2, 0.25) is 0 Å². The number of ether oxygens (including phenoxy) is 3. The van der Waals surface area contributed by atoms with Crippen molar-refractivity contribution < 1.29 is 24.1 Å². The van der Waals surface area contributed by atoms with Crippen LogP contribution in [0.5, 0.6) is 23.0 Å². The first kappa shape index (κ1) is 19.4. The minimum absolute atomic E-state index is 0.0263. The topological polar surface area (TPSA) is 65.0 Å². The van der Waals surface area contributed by atoms with Crippen LogP contribution in [0.1, 0.15) is 34.3 Å². The molecule has 0 unspecified atom stereocenters. The molecule has 0 aliphatic carbocycles. The van der Waals surface area contributed by atoms with Crippen molar-refractivity contribution in [3.05, 3.63) is 59.7 Å². The number of phenols is 1. The molecule has 2 rings (SSSR count). The predicted octanol–water partition coefficient (Wildman–Crippen LogP) is 4.13. The zero-order valence-corrected chi connectivity index (χ0v) is 15.5. The van der Waals surface area contributed by atoms with Crippen LogP contribution in [0.3, 0.4) is 0 Å². The van der Waals surface area contributed by atoms with E-state index in [1.54, 1.807) is 37.3 Å². The lowest BCUT2D eigenvalue weighted by molar-refractivity contribution is 0.0964. The molecule has 0 saturated carbocycles. The standard InChI is InChI=1S/C21H24O5/c1-6-7-14-10-16(21(23)19(11-14)26-5)13(2)20(22)15-8-9-17(24-3)18(12-15)25-4/h6,8-13,23H,1,7H2,2-5H3/t13-/m0/s1. The number of phenolic OH excluding ortho intramolecular Hbond substituents is 1. The van der Waals surface area contributed by atoms with Gasteiger partial charge < -0.3 is 19.3 Å². The molecule has 0 radical (unpaired) electrons. The Bertz CT molecular complexity index is 810. The average molecular weight is 356 g/mol. The van der Waals surface area contributed by atoms with Gasteiger partial charge in [0.15, 0.2) is 28.8 Å². The van der Waals surface area contributed by atoms with E-state index in [2.05, 4.69) is 6.58 Å². The second kappa shape index (κ2) is 8.43. The second-order valence-corrected chi connectivity index (χ2v) is 5.88. The third-order valence-electron chi connectivity index (χ3n) is 4.29. The van der Waals surface area contributed by atoms with E-state index in [0.29, 0.717) is 34.8 Å². The molecule has 0 amide bonds. The summed E-state index contributed by atoms with van der Waals surface area (Å²) in [5.41, 5.74) is 1.90. The lowest BCUT2D eigenvalue weighted by Crippen LogP contribution is -2.11. The number of hydrogen-bond donors (Lipinski definition) is 1. The van der Waals surface area contributed by atoms with Gasteiger partial charge in [-0.3, -0.25) is 4.79 Å². The highest BCUT2D eigenvalue weighted by Gasteiger charge is 2.24. The third kappa shape index (κ3) is 3.82. The fraction of sp³-hybridized carbons (Fsp3) is 0.286. The van der Waals surface area contributed by atoms with Crippen LogP contribution in [-0.4, -0.2) is 32.2 Å². The van der Waals surface area contributed by atoms with Gasteiger partial charge >= 0.3 is 0 Å². The van der Waals surface area contributed by atoms with E-state index in [0.717, 1.165) is 5.56 Å². The molecule has 0 aliphatic rings. The number of rotatable bonds is 8. The highest BCUT2D eigenvalue weighted by molar-refractivity contribution is 6.01. The summed E-state index contributed by atoms with van der Waals surface area (Å²) in [7, 11) is 4.54. The van der Waals surface area contributed by atoms with Gasteiger partial charge in [0.05, 0.1) is 21.3 Å². The van der Waals surface area contributed by atoms with Crippen molar-refractivity contribution in [2.45, 2.75) is 19.3 Å². The van der Waals surface area contributed by atoms with E-state index in [9.17, 15) is 9.90 Å². The van der Waals surface area contributed by atoms with Gasteiger partial charge in [0.1, 0.15) is 0 Å². The highest BCUT2D eigenvalue weighted by atomic mass is 16.5. The Morgan fingerprint density at radius 3 is 2.31 bits per heavy atom. The van der Waals surface area contributed by atoms with Gasteiger partial charge in [0, 0.05) is 17.0 Å². The molecule has 5 heteroatoms. The van der Waals surface area contributed by atoms with Crippen LogP contribution in [0.4, 0.5) is 0 Å². The second-order valence-electron chi connectivity index (χ2n) is 5.88. The van der Waals surface area contributed by atoms with E-state index in [1.807, 2.05) is 6.07 Å². The predicted molar refractivity (Wildman–Crippen MR) is 101 cm³/mol. The number of carbonyl (C=O) groups is 1. The lowest BCUT2D eigenvalue weighted by Gasteiger charge is -2.17. The van der Waals surface area contributed by atoms with Gasteiger partial charge in [-0.1, -0.05) is 19.1 Å². The zero-order chi connectivity index (χ0) is 19.3. The summed E-state index contributed by atoms with van der Waals surface area (Å²) >= 11 is 0. The Balaban J connectivity index is 2.44. The molecular formula is C21H24O5. The molecule has 2 aromatic rings. The van der Waals surface area contributed by atoms with Crippen LogP contribution in [0.25, 0.3) is 0 Å². The van der Waals surface area contributed by atoms with E-state index in [4.69, 9.17) is 14.2 Å². The van der Waals surface area contributed by atoms with Gasteiger partial charge in [0.25, 0.3) is 0 Å². The first-order valence-corrected chi connectivity index (χ1v) is 8.23. The Morgan fingerprint density at radius 2 is 1.73 bits per heavy atom. The largest absolute Gasteiger partial charge is 0.504 e. The summed E-state index contributed by atoms with van der Waals surface area (Å²) in [5.74, 6) is 0.640. The minimum Gasteiger partial charge on any atom is -0.504 e. The van der Waals surface area contributed by atoms with Crippen molar-refractivity contribution >= 4 is 5.78 Å². The molecule has 5 nitrogen and oxygen atoms in total. The summed E-state index contributed by atoms with van der Waals surface area (Å²) in [6, 6.07) is 8.56. The molecule has 0 fully saturated rings. The number of benzene rings is 2. The number of Topliss-reactive ketones (excluding diaryl/α,β-unsaturated/α-hetero) is 1. The fourth-order valence-electron chi connectivity index (χ4n) is 2.84. The van der Waals surface area contributed by atoms with Gasteiger partial charge in [-0.2, -0.15) is 0 Å². The first-order valence-electron chi connectivity index (χ1n) is 8.23. The maximum atomic E-state index is 13.0. The minimum atomic E-state index is -0.563. The van der Waals surface area contributed by atoms with Gasteiger partial charge in [-0.15, -0.1) is 6.58 Å². The molecule has 0 heterocycles. The average Bonchev–Trinajstić information content (AvgIpc) is 2.67. The molecule has 0 aliphatic heterocycles. The quantitative estimate of drug-likeness (QED) is 0.569. The number of carbonyl (C=O) groups excluding carboxylic acids is 1. The van der Waals surface area contributed by atoms with E-state index in [-0.39, 0.29) is 11.5 Å². The molecule has 1 atom stereocenters. The van der Waals surface area contributed by atoms with Crippen LogP contribution in [0, 0.1) is 0 Å². The molecule has 0 aromatic heterocycles. The Labute approximate surface area is 153 Å². The van der Waals surface area contributed by atoms with Crippen molar-refractivity contribution in [2.24, 2.45) is 0 Å². The lowest BCUT2D eigenvalue weighted by atomic mass is 9.89. The summed E-state index contributed by atoms with van der Waals surface area (Å²) in [5, 5.41) is 10.5. The van der Waals surface area contributed by atoms with Crippen molar-refractivity contribution in [3.8, 4) is 23.0 Å². The smallest absolute Gasteiger partial charge is 0.170 e. The highest BCUT2D eigenvalue weighted by Crippen LogP contribution is 2.38. The molecule has 0 spiro atoms. The van der Waals surface area contributed by atoms with Crippen molar-refractivity contribution in [3.63, 3.8) is 0 Å². The van der Waals surface area contributed by atoms with Crippen LogP contribution in [0.15, 0.2) is 43.0 Å². The number of allylic oxidation sites excluding steroid dienone is 1. The molecular weight excluding hydrogens is 332 g/mol. The molecule has 0 bridgehead atoms. The number of methoxy groups -OCH3 is 3. The summed E-state index contributed by atoms with van der Waals surface area (Å²) in [6.45, 7) is 5.49. The van der Waals surface area contributed by atoms with Gasteiger partial charge in [-0.25, -0.2) is 0 Å². The summed E-state index contributed by atoms with van der Waals surface area (Å²) in [6.07, 6.45) is 2.37. The molecule has 26 heavy (non-hydrogen) atoms. The normalized spacial score (nSPS) is 11.5. The fourth-order valence-corrected chi connectivity index (χ4v) is 2.84. The molecule has 2 aromatic carbocycles. The monoisotopic (exact) mass is 356 g/mol. The first-order chi connectivity index (χ1) is 12.5. The van der Waals surface area contributed by atoms with Crippen LogP contribution in [-0.2, 0) is 6.42 Å². The molecule has 1 N–H and O–H groups in total. The number of hydrogen-bond acceptors (Lipinski definition) is 5. The van der Waals surface area contributed by atoms with Gasteiger partial charge in [-0.05, 0) is 36.2 Å². The summed E-state index contributed by atoms with van der Waals surface area (Å²) < 4.78 is 15.7. The Morgan fingerprint density at radius 1 is 1.08 bits per heavy atom. The van der Waals surface area contributed by atoms with Crippen molar-refractivity contribution in [1.29, 1.82) is 0 Å². The maximum absolute atomic E-state index is 13.0. The maximum Gasteiger partial charge on any atom is 0.170 e. The van der Waals surface area contributed by atoms with E-state index < -0.39 is 5.92 Å². The number of ketones is 1. The van der Waals surface area contributed by atoms with Gasteiger partial charge in [0.2, 0.25) is 0 Å².